The maximum absolute atomic E-state index is 12.7. The number of alkyl halides is 1. The summed E-state index contributed by atoms with van der Waals surface area (Å²) >= 11 is 0. The number of halogens is 1. The molecule has 1 aliphatic carbocycles. The van der Waals surface area contributed by atoms with E-state index in [1.807, 2.05) is 0 Å². The van der Waals surface area contributed by atoms with E-state index in [1.54, 1.807) is 7.05 Å². The fraction of sp³-hybridized carbons (Fsp3) is 0.833. The number of hydrogen-bond acceptors (Lipinski definition) is 1. The van der Waals surface area contributed by atoms with Crippen molar-refractivity contribution in [2.75, 3.05) is 7.05 Å². The van der Waals surface area contributed by atoms with E-state index in [0.29, 0.717) is 12.8 Å². The van der Waals surface area contributed by atoms with Crippen molar-refractivity contribution in [3.63, 3.8) is 0 Å². The number of rotatable bonds is 1. The molecule has 4 heteroatoms. The van der Waals surface area contributed by atoms with Crippen molar-refractivity contribution in [3.05, 3.63) is 0 Å². The summed E-state index contributed by atoms with van der Waals surface area (Å²) in [6, 6.07) is 0. The van der Waals surface area contributed by atoms with Gasteiger partial charge in [-0.3, -0.25) is 4.79 Å². The number of carbonyl (C=O) groups is 1. The van der Waals surface area contributed by atoms with Crippen LogP contribution in [-0.2, 0) is 4.79 Å². The van der Waals surface area contributed by atoms with Crippen LogP contribution in [0.25, 0.3) is 0 Å². The lowest BCUT2D eigenvalue weighted by atomic mass is 9.82. The van der Waals surface area contributed by atoms with Gasteiger partial charge in [0.1, 0.15) is 5.41 Å². The normalized spacial score (nSPS) is 38.5. The molecule has 1 saturated carbocycles. The molecule has 10 heavy (non-hydrogen) atoms. The smallest absolute Gasteiger partial charge is 0.223 e. The molecular weight excluding hydrogens is 152 g/mol. The summed E-state index contributed by atoms with van der Waals surface area (Å²) in [7, 11) is 3.69. The Hall–Kier alpha value is -0.170. The van der Waals surface area contributed by atoms with Gasteiger partial charge >= 0.3 is 0 Å². The SMILES string of the molecule is CNC(=O)C1CC(F)(P)C1. The van der Waals surface area contributed by atoms with Crippen LogP contribution in [0.5, 0.6) is 0 Å². The molecule has 0 spiro atoms. The lowest BCUT2D eigenvalue weighted by molar-refractivity contribution is -0.129. The van der Waals surface area contributed by atoms with Gasteiger partial charge in [0.15, 0.2) is 0 Å². The lowest BCUT2D eigenvalue weighted by Gasteiger charge is -2.36. The molecule has 0 heterocycles. The third-order valence-corrected chi connectivity index (χ3v) is 2.26. The zero-order chi connectivity index (χ0) is 7.78. The predicted molar refractivity (Wildman–Crippen MR) is 40.3 cm³/mol. The molecule has 0 aliphatic heterocycles. The fourth-order valence-corrected chi connectivity index (χ4v) is 1.72. The number of amides is 1. The first-order chi connectivity index (χ1) is 4.55. The highest BCUT2D eigenvalue weighted by molar-refractivity contribution is 7.18. The second-order valence-corrected chi connectivity index (χ2v) is 3.79. The first kappa shape index (κ1) is 7.93. The van der Waals surface area contributed by atoms with Gasteiger partial charge in [-0.2, -0.15) is 0 Å². The first-order valence-corrected chi connectivity index (χ1v) is 3.82. The third kappa shape index (κ3) is 1.46. The minimum absolute atomic E-state index is 0.0456. The molecule has 0 aromatic carbocycles. The van der Waals surface area contributed by atoms with Gasteiger partial charge in [-0.15, -0.1) is 0 Å². The summed E-state index contributed by atoms with van der Waals surface area (Å²) in [4.78, 5) is 10.8. The summed E-state index contributed by atoms with van der Waals surface area (Å²) in [5.41, 5.74) is 0. The van der Waals surface area contributed by atoms with Crippen molar-refractivity contribution < 1.29 is 9.18 Å². The van der Waals surface area contributed by atoms with E-state index in [9.17, 15) is 9.18 Å². The number of hydrogen-bond donors (Lipinski definition) is 1. The highest BCUT2D eigenvalue weighted by atomic mass is 31.0. The Morgan fingerprint density at radius 2 is 2.30 bits per heavy atom. The molecule has 0 saturated heterocycles. The summed E-state index contributed by atoms with van der Waals surface area (Å²) in [6.07, 6.45) is 0.689. The van der Waals surface area contributed by atoms with Crippen molar-refractivity contribution >= 4 is 15.1 Å². The fourth-order valence-electron chi connectivity index (χ4n) is 1.15. The second-order valence-electron chi connectivity index (χ2n) is 2.75. The first-order valence-electron chi connectivity index (χ1n) is 3.24. The molecule has 1 aliphatic rings. The second kappa shape index (κ2) is 2.46. The van der Waals surface area contributed by atoms with Crippen LogP contribution in [0.3, 0.4) is 0 Å². The molecule has 0 aromatic rings. The molecule has 1 fully saturated rings. The molecule has 2 nitrogen and oxygen atoms in total. The van der Waals surface area contributed by atoms with Crippen molar-refractivity contribution in [1.82, 2.24) is 5.32 Å². The summed E-state index contributed by atoms with van der Waals surface area (Å²) < 4.78 is 12.7. The molecular formula is C6H11FNOP. The van der Waals surface area contributed by atoms with Crippen molar-refractivity contribution in [2.24, 2.45) is 5.92 Å². The Morgan fingerprint density at radius 3 is 2.60 bits per heavy atom. The molecule has 58 valence electrons. The van der Waals surface area contributed by atoms with Crippen molar-refractivity contribution in [1.29, 1.82) is 0 Å². The average Bonchev–Trinajstić information content (AvgIpc) is 1.81. The topological polar surface area (TPSA) is 29.1 Å². The van der Waals surface area contributed by atoms with E-state index in [1.165, 1.54) is 0 Å². The third-order valence-electron chi connectivity index (χ3n) is 1.79. The largest absolute Gasteiger partial charge is 0.359 e. The Kier molecular flexibility index (Phi) is 1.95. The van der Waals surface area contributed by atoms with E-state index in [4.69, 9.17) is 0 Å². The van der Waals surface area contributed by atoms with Crippen molar-refractivity contribution in [3.8, 4) is 0 Å². The van der Waals surface area contributed by atoms with Crippen LogP contribution in [0, 0.1) is 5.92 Å². The van der Waals surface area contributed by atoms with Crippen LogP contribution in [0.4, 0.5) is 4.39 Å². The van der Waals surface area contributed by atoms with Crippen LogP contribution >= 0.6 is 9.24 Å². The van der Waals surface area contributed by atoms with E-state index in [2.05, 4.69) is 14.6 Å². The maximum atomic E-state index is 12.7. The molecule has 0 bridgehead atoms. The Balaban J connectivity index is 2.33. The quantitative estimate of drug-likeness (QED) is 0.566. The van der Waals surface area contributed by atoms with Gasteiger partial charge in [0.25, 0.3) is 0 Å². The van der Waals surface area contributed by atoms with E-state index >= 15 is 0 Å². The highest BCUT2D eigenvalue weighted by Crippen LogP contribution is 2.45. The van der Waals surface area contributed by atoms with Crippen LogP contribution in [0.1, 0.15) is 12.8 Å². The molecule has 1 unspecified atom stereocenters. The molecule has 0 aromatic heterocycles. The van der Waals surface area contributed by atoms with E-state index < -0.39 is 5.41 Å². The average molecular weight is 163 g/mol. The molecule has 1 rings (SSSR count). The predicted octanol–water partition coefficient (Wildman–Crippen LogP) is 0.683. The number of carbonyl (C=O) groups excluding carboxylic acids is 1. The van der Waals surface area contributed by atoms with Crippen LogP contribution in [-0.4, -0.2) is 18.4 Å². The van der Waals surface area contributed by atoms with E-state index in [0.717, 1.165) is 0 Å². The van der Waals surface area contributed by atoms with E-state index in [-0.39, 0.29) is 11.8 Å². The van der Waals surface area contributed by atoms with Gasteiger partial charge in [0.05, 0.1) is 0 Å². The Labute approximate surface area is 61.8 Å². The van der Waals surface area contributed by atoms with Gasteiger partial charge in [-0.25, -0.2) is 4.39 Å². The number of nitrogens with one attached hydrogen (secondary N) is 1. The monoisotopic (exact) mass is 163 g/mol. The maximum Gasteiger partial charge on any atom is 0.223 e. The molecule has 1 atom stereocenters. The van der Waals surface area contributed by atoms with Crippen molar-refractivity contribution in [2.45, 2.75) is 18.3 Å². The molecule has 0 radical (unpaired) electrons. The Bertz CT molecular complexity index is 152. The summed E-state index contributed by atoms with van der Waals surface area (Å²) in [5.74, 6) is -0.150. The summed E-state index contributed by atoms with van der Waals surface area (Å²) in [5, 5.41) is 1.32. The van der Waals surface area contributed by atoms with Gasteiger partial charge < -0.3 is 5.32 Å². The van der Waals surface area contributed by atoms with Crippen LogP contribution in [0.15, 0.2) is 0 Å². The molecule has 1 N–H and O–H groups in total. The zero-order valence-electron chi connectivity index (χ0n) is 5.86. The highest BCUT2D eigenvalue weighted by Gasteiger charge is 2.44. The summed E-state index contributed by atoms with van der Waals surface area (Å²) in [6.45, 7) is 0. The molecule has 1 amide bonds. The zero-order valence-corrected chi connectivity index (χ0v) is 7.01. The Morgan fingerprint density at radius 1 is 1.80 bits per heavy atom. The van der Waals surface area contributed by atoms with Crippen LogP contribution in [0.2, 0.25) is 0 Å². The van der Waals surface area contributed by atoms with Gasteiger partial charge in [0.2, 0.25) is 5.91 Å². The van der Waals surface area contributed by atoms with Gasteiger partial charge in [-0.1, -0.05) is 9.24 Å². The lowest BCUT2D eigenvalue weighted by Crippen LogP contribution is -2.42. The van der Waals surface area contributed by atoms with Gasteiger partial charge in [0, 0.05) is 13.0 Å². The minimum Gasteiger partial charge on any atom is -0.359 e. The van der Waals surface area contributed by atoms with Crippen LogP contribution < -0.4 is 5.32 Å². The van der Waals surface area contributed by atoms with Gasteiger partial charge in [-0.05, 0) is 12.8 Å². The standard InChI is InChI=1S/C6H11FNOP/c1-8-5(9)4-2-6(7,10)3-4/h4H,2-3,10H2,1H3,(H,8,9). The minimum atomic E-state index is -1.17.